The van der Waals surface area contributed by atoms with E-state index in [1.54, 1.807) is 19.1 Å². The van der Waals surface area contributed by atoms with Crippen molar-refractivity contribution in [1.29, 1.82) is 0 Å². The number of nitrogens with one attached hydrogen (secondary N) is 1. The van der Waals surface area contributed by atoms with Crippen LogP contribution in [0.4, 0.5) is 15.8 Å². The van der Waals surface area contributed by atoms with Gasteiger partial charge >= 0.3 is 5.97 Å². The van der Waals surface area contributed by atoms with Gasteiger partial charge in [-0.1, -0.05) is 0 Å². The van der Waals surface area contributed by atoms with E-state index >= 15 is 0 Å². The fourth-order valence-corrected chi connectivity index (χ4v) is 2.18. The molecule has 0 saturated heterocycles. The Balaban J connectivity index is 2.42. The van der Waals surface area contributed by atoms with Crippen molar-refractivity contribution >= 4 is 39.9 Å². The lowest BCUT2D eigenvalue weighted by molar-refractivity contribution is 0.0697. The molecule has 0 aliphatic carbocycles. The van der Waals surface area contributed by atoms with Crippen LogP contribution < -0.4 is 5.32 Å². The number of aromatic carboxylic acids is 1. The highest BCUT2D eigenvalue weighted by Gasteiger charge is 2.12. The van der Waals surface area contributed by atoms with Gasteiger partial charge in [-0.15, -0.1) is 0 Å². The molecule has 0 unspecified atom stereocenters. The summed E-state index contributed by atoms with van der Waals surface area (Å²) < 4.78 is 13.7. The van der Waals surface area contributed by atoms with Crippen LogP contribution in [0.3, 0.4) is 0 Å². The summed E-state index contributed by atoms with van der Waals surface area (Å²) >= 11 is 1.98. The predicted molar refractivity (Wildman–Crippen MR) is 78.3 cm³/mol. The summed E-state index contributed by atoms with van der Waals surface area (Å²) in [4.78, 5) is 15.1. The number of halogens is 2. The third-order valence-electron chi connectivity index (χ3n) is 2.47. The number of carbonyl (C=O) groups is 1. The number of hydrogen-bond donors (Lipinski definition) is 2. The van der Waals surface area contributed by atoms with Crippen LogP contribution in [0.15, 0.2) is 30.5 Å². The van der Waals surface area contributed by atoms with Crippen molar-refractivity contribution < 1.29 is 14.3 Å². The fraction of sp³-hybridized carbons (Fsp3) is 0.0769. The number of hydrogen-bond acceptors (Lipinski definition) is 3. The molecule has 1 heterocycles. The van der Waals surface area contributed by atoms with Crippen LogP contribution in [0.25, 0.3) is 0 Å². The van der Waals surface area contributed by atoms with E-state index in [0.717, 1.165) is 0 Å². The largest absolute Gasteiger partial charge is 0.478 e. The van der Waals surface area contributed by atoms with Crippen molar-refractivity contribution in [2.24, 2.45) is 0 Å². The number of rotatable bonds is 3. The highest BCUT2D eigenvalue weighted by molar-refractivity contribution is 14.1. The van der Waals surface area contributed by atoms with E-state index < -0.39 is 5.97 Å². The number of carboxylic acid groups (broad SMARTS) is 1. The highest BCUT2D eigenvalue weighted by Crippen LogP contribution is 2.25. The monoisotopic (exact) mass is 372 g/mol. The zero-order chi connectivity index (χ0) is 14.0. The van der Waals surface area contributed by atoms with Crippen molar-refractivity contribution in [2.75, 3.05) is 5.32 Å². The van der Waals surface area contributed by atoms with E-state index in [9.17, 15) is 9.18 Å². The molecule has 0 amide bonds. The summed E-state index contributed by atoms with van der Waals surface area (Å²) in [7, 11) is 0. The first-order valence-corrected chi connectivity index (χ1v) is 6.47. The SMILES string of the molecule is Cc1cc(Nc2ccc(F)cc2I)c(C(=O)O)cn1. The Morgan fingerprint density at radius 1 is 1.37 bits per heavy atom. The first kappa shape index (κ1) is 13.7. The second-order valence-electron chi connectivity index (χ2n) is 3.93. The molecule has 2 N–H and O–H groups in total. The second-order valence-corrected chi connectivity index (χ2v) is 5.09. The van der Waals surface area contributed by atoms with E-state index in [2.05, 4.69) is 10.3 Å². The van der Waals surface area contributed by atoms with Crippen LogP contribution in [0.1, 0.15) is 16.1 Å². The summed E-state index contributed by atoms with van der Waals surface area (Å²) in [5.74, 6) is -1.40. The molecule has 0 atom stereocenters. The van der Waals surface area contributed by atoms with E-state index in [-0.39, 0.29) is 11.4 Å². The van der Waals surface area contributed by atoms with Crippen molar-refractivity contribution in [3.8, 4) is 0 Å². The van der Waals surface area contributed by atoms with Crippen molar-refractivity contribution in [2.45, 2.75) is 6.92 Å². The summed E-state index contributed by atoms with van der Waals surface area (Å²) in [6.45, 7) is 1.77. The maximum absolute atomic E-state index is 13.0. The maximum atomic E-state index is 13.0. The van der Waals surface area contributed by atoms with Crippen LogP contribution >= 0.6 is 22.6 Å². The normalized spacial score (nSPS) is 10.3. The molecule has 2 rings (SSSR count). The van der Waals surface area contributed by atoms with Gasteiger partial charge in [-0.2, -0.15) is 0 Å². The third-order valence-corrected chi connectivity index (χ3v) is 3.36. The molecule has 19 heavy (non-hydrogen) atoms. The lowest BCUT2D eigenvalue weighted by atomic mass is 10.2. The number of benzene rings is 1. The summed E-state index contributed by atoms with van der Waals surface area (Å²) in [5.41, 5.74) is 1.86. The van der Waals surface area contributed by atoms with Crippen LogP contribution in [0.5, 0.6) is 0 Å². The van der Waals surface area contributed by atoms with Gasteiger partial charge in [0.15, 0.2) is 0 Å². The molecule has 1 aromatic heterocycles. The van der Waals surface area contributed by atoms with Crippen molar-refractivity contribution in [3.05, 3.63) is 51.1 Å². The van der Waals surface area contributed by atoms with Gasteiger partial charge in [0.1, 0.15) is 11.4 Å². The molecule has 1 aromatic carbocycles. The topological polar surface area (TPSA) is 62.2 Å². The summed E-state index contributed by atoms with van der Waals surface area (Å²) in [6, 6.07) is 5.90. The average molecular weight is 372 g/mol. The predicted octanol–water partition coefficient (Wildman–Crippen LogP) is 3.58. The molecular weight excluding hydrogens is 362 g/mol. The fourth-order valence-electron chi connectivity index (χ4n) is 1.57. The van der Waals surface area contributed by atoms with Gasteiger partial charge in [0.05, 0.1) is 11.4 Å². The summed E-state index contributed by atoms with van der Waals surface area (Å²) in [6.07, 6.45) is 1.30. The Morgan fingerprint density at radius 2 is 2.11 bits per heavy atom. The number of aromatic nitrogens is 1. The van der Waals surface area contributed by atoms with Crippen molar-refractivity contribution in [3.63, 3.8) is 0 Å². The lowest BCUT2D eigenvalue weighted by Crippen LogP contribution is -2.05. The molecule has 6 heteroatoms. The average Bonchev–Trinajstić information content (AvgIpc) is 2.32. The molecule has 4 nitrogen and oxygen atoms in total. The molecule has 0 radical (unpaired) electrons. The van der Waals surface area contributed by atoms with Crippen LogP contribution in [-0.2, 0) is 0 Å². The van der Waals surface area contributed by atoms with Gasteiger partial charge in [0, 0.05) is 15.5 Å². The van der Waals surface area contributed by atoms with Crippen LogP contribution in [-0.4, -0.2) is 16.1 Å². The van der Waals surface area contributed by atoms with Gasteiger partial charge in [-0.25, -0.2) is 9.18 Å². The van der Waals surface area contributed by atoms with Crippen LogP contribution in [0, 0.1) is 16.3 Å². The van der Waals surface area contributed by atoms with E-state index in [4.69, 9.17) is 5.11 Å². The standard InChI is InChI=1S/C13H10FIN2O2/c1-7-4-12(9(6-16-7)13(18)19)17-11-3-2-8(14)5-10(11)15/h2-6H,1H3,(H,16,17)(H,18,19). The Kier molecular flexibility index (Phi) is 3.98. The number of anilines is 2. The van der Waals surface area contributed by atoms with Gasteiger partial charge in [-0.3, -0.25) is 4.98 Å². The molecule has 0 saturated carbocycles. The Morgan fingerprint density at radius 3 is 2.74 bits per heavy atom. The Labute approximate surface area is 122 Å². The van der Waals surface area contributed by atoms with E-state index in [0.29, 0.717) is 20.6 Å². The molecule has 0 spiro atoms. The molecule has 0 aliphatic rings. The second kappa shape index (κ2) is 5.52. The number of aryl methyl sites for hydroxylation is 1. The van der Waals surface area contributed by atoms with Gasteiger partial charge in [0.25, 0.3) is 0 Å². The molecular formula is C13H10FIN2O2. The summed E-state index contributed by atoms with van der Waals surface area (Å²) in [5, 5.41) is 12.1. The molecule has 2 aromatic rings. The van der Waals surface area contributed by atoms with Crippen LogP contribution in [0.2, 0.25) is 0 Å². The number of nitrogens with zero attached hydrogens (tertiary/aromatic N) is 1. The minimum atomic E-state index is -1.06. The Hall–Kier alpha value is -1.70. The van der Waals surface area contributed by atoms with Gasteiger partial charge in [-0.05, 0) is 53.8 Å². The first-order valence-electron chi connectivity index (χ1n) is 5.39. The molecule has 0 aliphatic heterocycles. The van der Waals surface area contributed by atoms with E-state index in [1.807, 2.05) is 22.6 Å². The molecule has 0 bridgehead atoms. The molecule has 0 fully saturated rings. The zero-order valence-corrected chi connectivity index (χ0v) is 12.1. The van der Waals surface area contributed by atoms with E-state index in [1.165, 1.54) is 18.3 Å². The zero-order valence-electron chi connectivity index (χ0n) is 9.95. The highest BCUT2D eigenvalue weighted by atomic mass is 127. The number of pyridine rings is 1. The smallest absolute Gasteiger partial charge is 0.339 e. The lowest BCUT2D eigenvalue weighted by Gasteiger charge is -2.11. The number of carboxylic acids is 1. The third kappa shape index (κ3) is 3.19. The minimum Gasteiger partial charge on any atom is -0.478 e. The maximum Gasteiger partial charge on any atom is 0.339 e. The van der Waals surface area contributed by atoms with Gasteiger partial charge in [0.2, 0.25) is 0 Å². The van der Waals surface area contributed by atoms with Crippen molar-refractivity contribution in [1.82, 2.24) is 4.98 Å². The minimum absolute atomic E-state index is 0.0747. The molecule has 98 valence electrons. The van der Waals surface area contributed by atoms with Gasteiger partial charge < -0.3 is 10.4 Å². The Bertz CT molecular complexity index is 647. The first-order chi connectivity index (χ1) is 8.97. The quantitative estimate of drug-likeness (QED) is 0.809.